The predicted molar refractivity (Wildman–Crippen MR) is 76.3 cm³/mol. The maximum atomic E-state index is 12.4. The van der Waals surface area contributed by atoms with E-state index in [1.807, 2.05) is 18.0 Å². The van der Waals surface area contributed by atoms with E-state index < -0.39 is 6.61 Å². The third-order valence-electron chi connectivity index (χ3n) is 3.20. The van der Waals surface area contributed by atoms with Gasteiger partial charge in [0.1, 0.15) is 0 Å². The smallest absolute Gasteiger partial charge is 0.387 e. The van der Waals surface area contributed by atoms with Gasteiger partial charge in [-0.05, 0) is 24.1 Å². The van der Waals surface area contributed by atoms with Crippen LogP contribution in [0.4, 0.5) is 8.78 Å². The standard InChI is InChI=1S/C14H19F2N3O2/c1-19-8-7-18-14(19)17-6-5-10-3-4-11(20-2)12(9-10)21-13(15)16/h3-4,9,13H,5-8H2,1-2H3,(H,17,18). The number of rotatable bonds is 6. The minimum absolute atomic E-state index is 0.0559. The van der Waals surface area contributed by atoms with Crippen LogP contribution in [0.3, 0.4) is 0 Å². The Kier molecular flexibility index (Phi) is 5.19. The number of nitrogens with one attached hydrogen (secondary N) is 1. The zero-order valence-corrected chi connectivity index (χ0v) is 12.1. The fourth-order valence-electron chi connectivity index (χ4n) is 2.11. The summed E-state index contributed by atoms with van der Waals surface area (Å²) < 4.78 is 34.2. The molecule has 0 aromatic heterocycles. The van der Waals surface area contributed by atoms with Crippen LogP contribution >= 0.6 is 0 Å². The Labute approximate surface area is 122 Å². The minimum atomic E-state index is -2.87. The molecule has 1 aromatic rings. The van der Waals surface area contributed by atoms with E-state index in [-0.39, 0.29) is 5.75 Å². The fraction of sp³-hybridized carbons (Fsp3) is 0.500. The third-order valence-corrected chi connectivity index (χ3v) is 3.20. The average molecular weight is 299 g/mol. The van der Waals surface area contributed by atoms with Crippen molar-refractivity contribution >= 4 is 5.96 Å². The number of ether oxygens (including phenoxy) is 2. The van der Waals surface area contributed by atoms with Crippen LogP contribution in [0.5, 0.6) is 11.5 Å². The Hall–Kier alpha value is -2.05. The number of alkyl halides is 2. The summed E-state index contributed by atoms with van der Waals surface area (Å²) in [6.07, 6.45) is 0.677. The Balaban J connectivity index is 1.93. The van der Waals surface area contributed by atoms with Gasteiger partial charge >= 0.3 is 6.61 Å². The molecular weight excluding hydrogens is 280 g/mol. The largest absolute Gasteiger partial charge is 0.493 e. The van der Waals surface area contributed by atoms with E-state index in [1.165, 1.54) is 7.11 Å². The molecule has 0 unspecified atom stereocenters. The van der Waals surface area contributed by atoms with Crippen molar-refractivity contribution in [3.05, 3.63) is 23.8 Å². The van der Waals surface area contributed by atoms with Crippen LogP contribution < -0.4 is 14.8 Å². The maximum Gasteiger partial charge on any atom is 0.387 e. The Morgan fingerprint density at radius 1 is 1.38 bits per heavy atom. The molecule has 0 saturated heterocycles. The van der Waals surface area contributed by atoms with Gasteiger partial charge in [0, 0.05) is 20.1 Å². The van der Waals surface area contributed by atoms with Gasteiger partial charge in [-0.3, -0.25) is 4.99 Å². The second-order valence-corrected chi connectivity index (χ2v) is 4.67. The van der Waals surface area contributed by atoms with Gasteiger partial charge in [0.15, 0.2) is 17.5 Å². The van der Waals surface area contributed by atoms with Crippen molar-refractivity contribution in [1.29, 1.82) is 0 Å². The SMILES string of the molecule is COc1ccc(CCNC2=NCCN2C)cc1OC(F)F. The maximum absolute atomic E-state index is 12.4. The summed E-state index contributed by atoms with van der Waals surface area (Å²) in [7, 11) is 3.39. The molecule has 0 radical (unpaired) electrons. The number of nitrogens with zero attached hydrogens (tertiary/aromatic N) is 2. The van der Waals surface area contributed by atoms with Crippen molar-refractivity contribution in [3.63, 3.8) is 0 Å². The van der Waals surface area contributed by atoms with Gasteiger partial charge in [0.2, 0.25) is 0 Å². The number of halogens is 2. The van der Waals surface area contributed by atoms with E-state index >= 15 is 0 Å². The summed E-state index contributed by atoms with van der Waals surface area (Å²) >= 11 is 0. The van der Waals surface area contributed by atoms with Crippen LogP contribution in [0.1, 0.15) is 5.56 Å². The topological polar surface area (TPSA) is 46.1 Å². The molecule has 1 aromatic carbocycles. The zero-order chi connectivity index (χ0) is 15.2. The van der Waals surface area contributed by atoms with E-state index in [4.69, 9.17) is 4.74 Å². The first-order chi connectivity index (χ1) is 10.1. The Morgan fingerprint density at radius 2 is 2.19 bits per heavy atom. The van der Waals surface area contributed by atoms with Gasteiger partial charge in [0.25, 0.3) is 0 Å². The number of methoxy groups -OCH3 is 1. The second kappa shape index (κ2) is 7.10. The number of aliphatic imine (C=N–C) groups is 1. The number of hydrogen-bond donors (Lipinski definition) is 1. The average Bonchev–Trinajstić information content (AvgIpc) is 2.84. The summed E-state index contributed by atoms with van der Waals surface area (Å²) in [4.78, 5) is 6.36. The first kappa shape index (κ1) is 15.3. The van der Waals surface area contributed by atoms with Crippen LogP contribution in [0.2, 0.25) is 0 Å². The molecule has 1 aliphatic heterocycles. The second-order valence-electron chi connectivity index (χ2n) is 4.67. The lowest BCUT2D eigenvalue weighted by molar-refractivity contribution is -0.0512. The molecule has 1 N–H and O–H groups in total. The van der Waals surface area contributed by atoms with E-state index in [1.54, 1.807) is 12.1 Å². The van der Waals surface area contributed by atoms with Crippen molar-refractivity contribution in [3.8, 4) is 11.5 Å². The zero-order valence-electron chi connectivity index (χ0n) is 12.1. The molecule has 0 atom stereocenters. The minimum Gasteiger partial charge on any atom is -0.493 e. The van der Waals surface area contributed by atoms with E-state index in [0.29, 0.717) is 18.7 Å². The highest BCUT2D eigenvalue weighted by Crippen LogP contribution is 2.29. The highest BCUT2D eigenvalue weighted by Gasteiger charge is 2.13. The Morgan fingerprint density at radius 3 is 2.81 bits per heavy atom. The molecule has 1 heterocycles. The van der Waals surface area contributed by atoms with Gasteiger partial charge in [0.05, 0.1) is 13.7 Å². The number of hydrogen-bond acceptors (Lipinski definition) is 5. The highest BCUT2D eigenvalue weighted by molar-refractivity contribution is 5.81. The van der Waals surface area contributed by atoms with E-state index in [2.05, 4.69) is 15.0 Å². The van der Waals surface area contributed by atoms with Crippen LogP contribution in [-0.4, -0.2) is 51.3 Å². The van der Waals surface area contributed by atoms with E-state index in [0.717, 1.165) is 24.6 Å². The summed E-state index contributed by atoms with van der Waals surface area (Å²) in [5.74, 6) is 1.22. The summed E-state index contributed by atoms with van der Waals surface area (Å²) in [6, 6.07) is 5.04. The molecule has 2 rings (SSSR count). The summed E-state index contributed by atoms with van der Waals surface area (Å²) in [5, 5.41) is 3.22. The third kappa shape index (κ3) is 4.21. The molecule has 0 bridgehead atoms. The van der Waals surface area contributed by atoms with Crippen molar-refractivity contribution in [2.24, 2.45) is 4.99 Å². The van der Waals surface area contributed by atoms with Crippen molar-refractivity contribution < 1.29 is 18.3 Å². The number of benzene rings is 1. The molecule has 0 aliphatic carbocycles. The van der Waals surface area contributed by atoms with Crippen LogP contribution in [0.15, 0.2) is 23.2 Å². The van der Waals surface area contributed by atoms with Crippen molar-refractivity contribution in [1.82, 2.24) is 10.2 Å². The lowest BCUT2D eigenvalue weighted by atomic mass is 10.1. The van der Waals surface area contributed by atoms with Gasteiger partial charge in [-0.15, -0.1) is 0 Å². The molecule has 0 spiro atoms. The van der Waals surface area contributed by atoms with Crippen LogP contribution in [-0.2, 0) is 6.42 Å². The Bertz CT molecular complexity index is 509. The van der Waals surface area contributed by atoms with Crippen LogP contribution in [0, 0.1) is 0 Å². The van der Waals surface area contributed by atoms with Gasteiger partial charge in [-0.1, -0.05) is 6.07 Å². The van der Waals surface area contributed by atoms with Gasteiger partial charge in [-0.25, -0.2) is 0 Å². The molecule has 5 nitrogen and oxygen atoms in total. The van der Waals surface area contributed by atoms with Crippen molar-refractivity contribution in [2.75, 3.05) is 33.8 Å². The predicted octanol–water partition coefficient (Wildman–Crippen LogP) is 1.73. The molecule has 7 heteroatoms. The fourth-order valence-corrected chi connectivity index (χ4v) is 2.11. The molecule has 21 heavy (non-hydrogen) atoms. The highest BCUT2D eigenvalue weighted by atomic mass is 19.3. The summed E-state index contributed by atoms with van der Waals surface area (Å²) in [6.45, 7) is -0.483. The van der Waals surface area contributed by atoms with Crippen LogP contribution in [0.25, 0.3) is 0 Å². The quantitative estimate of drug-likeness (QED) is 0.869. The molecule has 0 saturated carbocycles. The first-order valence-electron chi connectivity index (χ1n) is 6.71. The lowest BCUT2D eigenvalue weighted by Gasteiger charge is -2.15. The number of guanidine groups is 1. The summed E-state index contributed by atoms with van der Waals surface area (Å²) in [5.41, 5.74) is 0.889. The number of likely N-dealkylation sites (N-methyl/N-ethyl adjacent to an activating group) is 1. The molecular formula is C14H19F2N3O2. The monoisotopic (exact) mass is 299 g/mol. The molecule has 0 amide bonds. The molecule has 116 valence electrons. The normalized spacial score (nSPS) is 14.3. The van der Waals surface area contributed by atoms with Gasteiger partial charge in [-0.2, -0.15) is 8.78 Å². The molecule has 0 fully saturated rings. The van der Waals surface area contributed by atoms with E-state index in [9.17, 15) is 8.78 Å². The van der Waals surface area contributed by atoms with Crippen molar-refractivity contribution in [2.45, 2.75) is 13.0 Å². The molecule has 1 aliphatic rings. The lowest BCUT2D eigenvalue weighted by Crippen LogP contribution is -2.36. The first-order valence-corrected chi connectivity index (χ1v) is 6.71. The van der Waals surface area contributed by atoms with Gasteiger partial charge < -0.3 is 19.7 Å².